The number of benzene rings is 1. The minimum atomic E-state index is -0.937. The van der Waals surface area contributed by atoms with Gasteiger partial charge in [0.05, 0.1) is 16.8 Å². The van der Waals surface area contributed by atoms with E-state index in [4.69, 9.17) is 24.1 Å². The van der Waals surface area contributed by atoms with Crippen molar-refractivity contribution in [3.05, 3.63) is 40.8 Å². The molecule has 1 unspecified atom stereocenters. The van der Waals surface area contributed by atoms with Gasteiger partial charge in [0.2, 0.25) is 5.96 Å². The van der Waals surface area contributed by atoms with Crippen molar-refractivity contribution < 1.29 is 13.4 Å². The van der Waals surface area contributed by atoms with Gasteiger partial charge < -0.3 is 19.4 Å². The molecule has 4 aliphatic rings. The molecule has 2 fully saturated rings. The molecule has 6 rings (SSSR count). The highest BCUT2D eigenvalue weighted by Crippen LogP contribution is 2.31. The largest absolute Gasteiger partial charge is 0.440 e. The number of aliphatic imine (C=N–C) groups is 2. The third-order valence-corrected chi connectivity index (χ3v) is 8.46. The third kappa shape index (κ3) is 4.36. The maximum Gasteiger partial charge on any atom is 0.204 e. The molecule has 0 saturated carbocycles. The van der Waals surface area contributed by atoms with Gasteiger partial charge in [0.25, 0.3) is 0 Å². The van der Waals surface area contributed by atoms with Crippen molar-refractivity contribution in [2.24, 2.45) is 9.98 Å². The Balaban J connectivity index is 1.21. The lowest BCUT2D eigenvalue weighted by molar-refractivity contribution is 0.0870. The molecule has 174 valence electrons. The smallest absolute Gasteiger partial charge is 0.204 e. The zero-order valence-electron chi connectivity index (χ0n) is 18.7. The fourth-order valence-electron chi connectivity index (χ4n) is 5.03. The predicted octanol–water partition coefficient (Wildman–Crippen LogP) is 3.30. The van der Waals surface area contributed by atoms with Gasteiger partial charge in [0.1, 0.15) is 11.4 Å². The number of allylic oxidation sites excluding steroid dienone is 1. The summed E-state index contributed by atoms with van der Waals surface area (Å²) in [6.45, 7) is 3.23. The first-order valence-electron chi connectivity index (χ1n) is 11.9. The van der Waals surface area contributed by atoms with Crippen LogP contribution in [0.15, 0.2) is 49.3 Å². The molecular weight excluding hydrogens is 438 g/mol. The van der Waals surface area contributed by atoms with Gasteiger partial charge in [0, 0.05) is 61.4 Å². The monoisotopic (exact) mass is 467 g/mol. The lowest BCUT2D eigenvalue weighted by atomic mass is 9.97. The number of nitrogens with one attached hydrogen (secondary N) is 1. The van der Waals surface area contributed by atoms with E-state index in [1.165, 1.54) is 0 Å². The maximum absolute atomic E-state index is 12.6. The van der Waals surface area contributed by atoms with E-state index in [0.717, 1.165) is 97.8 Å². The molecule has 0 amide bonds. The van der Waals surface area contributed by atoms with Crippen LogP contribution in [0.4, 0.5) is 0 Å². The Kier molecular flexibility index (Phi) is 5.75. The summed E-state index contributed by atoms with van der Waals surface area (Å²) < 4.78 is 24.1. The highest BCUT2D eigenvalue weighted by atomic mass is 32.2. The summed E-state index contributed by atoms with van der Waals surface area (Å²) in [5.41, 5.74) is 2.85. The summed E-state index contributed by atoms with van der Waals surface area (Å²) >= 11 is 0. The van der Waals surface area contributed by atoms with Gasteiger partial charge in [-0.3, -0.25) is 9.20 Å². The average Bonchev–Trinajstić information content (AvgIpc) is 3.38. The van der Waals surface area contributed by atoms with E-state index < -0.39 is 10.8 Å². The molecule has 1 aromatic heterocycles. The molecule has 0 spiro atoms. The van der Waals surface area contributed by atoms with Crippen molar-refractivity contribution in [3.8, 4) is 0 Å². The summed E-state index contributed by atoms with van der Waals surface area (Å²) in [5.74, 6) is 3.48. The number of nitrogens with zero attached hydrogens (tertiary/aromatic N) is 4. The van der Waals surface area contributed by atoms with Crippen LogP contribution in [0.1, 0.15) is 50.3 Å². The summed E-state index contributed by atoms with van der Waals surface area (Å²) in [6, 6.07) is 8.18. The van der Waals surface area contributed by atoms with E-state index in [2.05, 4.69) is 10.2 Å². The van der Waals surface area contributed by atoms with Crippen molar-refractivity contribution in [2.45, 2.75) is 50.5 Å². The molecule has 8 nitrogen and oxygen atoms in total. The van der Waals surface area contributed by atoms with Gasteiger partial charge >= 0.3 is 0 Å². The molecular formula is C24H29N5O3S. The van der Waals surface area contributed by atoms with E-state index in [1.54, 1.807) is 0 Å². The number of aromatic nitrogens is 1. The summed E-state index contributed by atoms with van der Waals surface area (Å²) in [6.07, 6.45) is 5.15. The van der Waals surface area contributed by atoms with Crippen molar-refractivity contribution >= 4 is 33.7 Å². The second-order valence-corrected chi connectivity index (χ2v) is 10.7. The molecule has 0 radical (unpaired) electrons. The first-order chi connectivity index (χ1) is 16.2. The van der Waals surface area contributed by atoms with Crippen LogP contribution in [0.25, 0.3) is 11.1 Å². The molecule has 2 aromatic rings. The molecule has 1 N–H and O–H groups in total. The molecule has 1 atom stereocenters. The Labute approximate surface area is 195 Å². The molecule has 1 aromatic carbocycles. The number of oxazole rings is 1. The second kappa shape index (κ2) is 9.02. The van der Waals surface area contributed by atoms with E-state index in [9.17, 15) is 4.21 Å². The number of amidine groups is 1. The standard InChI is InChI=1S/C24H29N5O3S/c30-33-14-9-19-21(33)15-22(25-17-7-12-31-13-8-17)28-24(27-19)29-10-5-16(6-11-29)23-26-18-3-1-2-4-20(18)32-23/h1-4,16-17H,5-15H2,(H,25,27,28). The minimum Gasteiger partial charge on any atom is -0.440 e. The first-order valence-corrected chi connectivity index (χ1v) is 13.3. The lowest BCUT2D eigenvalue weighted by Gasteiger charge is -2.33. The van der Waals surface area contributed by atoms with Crippen LogP contribution >= 0.6 is 0 Å². The molecule has 0 aliphatic carbocycles. The quantitative estimate of drug-likeness (QED) is 0.729. The van der Waals surface area contributed by atoms with Crippen molar-refractivity contribution in [1.82, 2.24) is 15.2 Å². The Hall–Kier alpha value is -2.52. The number of fused-ring (bicyclic) bond motifs is 1. The average molecular weight is 468 g/mol. The van der Waals surface area contributed by atoms with Crippen LogP contribution in [-0.2, 0) is 15.5 Å². The Morgan fingerprint density at radius 1 is 1.12 bits per heavy atom. The van der Waals surface area contributed by atoms with Gasteiger partial charge in [-0.1, -0.05) is 12.1 Å². The zero-order chi connectivity index (χ0) is 22.2. The number of ether oxygens (including phenoxy) is 1. The number of hydrogen-bond acceptors (Lipinski definition) is 7. The third-order valence-electron chi connectivity index (χ3n) is 6.94. The fraction of sp³-hybridized carbons (Fsp3) is 0.542. The van der Waals surface area contributed by atoms with Crippen molar-refractivity contribution in [2.75, 3.05) is 32.1 Å². The second-order valence-electron chi connectivity index (χ2n) is 9.11. The van der Waals surface area contributed by atoms with E-state index in [1.807, 2.05) is 24.3 Å². The molecule has 4 aliphatic heterocycles. The van der Waals surface area contributed by atoms with E-state index in [-0.39, 0.29) is 6.04 Å². The number of para-hydroxylation sites is 2. The number of hydrogen-bond donors (Lipinski definition) is 1. The molecule has 0 bridgehead atoms. The summed E-state index contributed by atoms with van der Waals surface area (Å²) in [4.78, 5) is 17.9. The van der Waals surface area contributed by atoms with Gasteiger partial charge in [-0.05, 0) is 37.8 Å². The lowest BCUT2D eigenvalue weighted by Crippen LogP contribution is -2.45. The fourth-order valence-corrected chi connectivity index (χ4v) is 6.39. The van der Waals surface area contributed by atoms with Crippen LogP contribution in [0.5, 0.6) is 0 Å². The Bertz CT molecular complexity index is 1120. The number of likely N-dealkylation sites (tertiary alicyclic amines) is 1. The topological polar surface area (TPSA) is 92.3 Å². The highest BCUT2D eigenvalue weighted by Gasteiger charge is 2.31. The Morgan fingerprint density at radius 3 is 2.76 bits per heavy atom. The van der Waals surface area contributed by atoms with Crippen LogP contribution in [0.3, 0.4) is 0 Å². The first kappa shape index (κ1) is 21.0. The minimum absolute atomic E-state index is 0.237. The molecule has 33 heavy (non-hydrogen) atoms. The highest BCUT2D eigenvalue weighted by molar-refractivity contribution is 7.89. The SMILES string of the molecule is O=S1CCC2=C1CC(=NC1CCOCC1)N=C(N1CCC(c3nc4ccccc4o3)CC1)N2. The van der Waals surface area contributed by atoms with E-state index >= 15 is 0 Å². The number of piperidine rings is 1. The van der Waals surface area contributed by atoms with Gasteiger partial charge in [-0.2, -0.15) is 4.99 Å². The van der Waals surface area contributed by atoms with Gasteiger partial charge in [-0.25, -0.2) is 4.98 Å². The van der Waals surface area contributed by atoms with Crippen LogP contribution < -0.4 is 5.32 Å². The molecule has 9 heteroatoms. The van der Waals surface area contributed by atoms with E-state index in [0.29, 0.717) is 18.1 Å². The number of rotatable bonds is 2. The van der Waals surface area contributed by atoms with Gasteiger partial charge in [0.15, 0.2) is 11.5 Å². The number of guanidine groups is 1. The van der Waals surface area contributed by atoms with Crippen molar-refractivity contribution in [1.29, 1.82) is 0 Å². The molecule has 2 saturated heterocycles. The summed E-state index contributed by atoms with van der Waals surface area (Å²) in [7, 11) is -0.937. The normalized spacial score (nSPS) is 26.4. The maximum atomic E-state index is 12.6. The van der Waals surface area contributed by atoms with Crippen LogP contribution in [0.2, 0.25) is 0 Å². The van der Waals surface area contributed by atoms with Crippen molar-refractivity contribution in [3.63, 3.8) is 0 Å². The van der Waals surface area contributed by atoms with Gasteiger partial charge in [-0.15, -0.1) is 0 Å². The predicted molar refractivity (Wildman–Crippen MR) is 129 cm³/mol. The van der Waals surface area contributed by atoms with Crippen LogP contribution in [0, 0.1) is 0 Å². The molecule has 5 heterocycles. The van der Waals surface area contributed by atoms with Crippen LogP contribution in [-0.4, -0.2) is 64.0 Å². The summed E-state index contributed by atoms with van der Waals surface area (Å²) in [5, 5.41) is 3.54. The Morgan fingerprint density at radius 2 is 1.94 bits per heavy atom. The zero-order valence-corrected chi connectivity index (χ0v) is 19.5.